The van der Waals surface area contributed by atoms with Gasteiger partial charge in [-0.2, -0.15) is 0 Å². The second-order valence-electron chi connectivity index (χ2n) is 14.8. The van der Waals surface area contributed by atoms with Gasteiger partial charge in [-0.3, -0.25) is 0 Å². The summed E-state index contributed by atoms with van der Waals surface area (Å²) in [6.45, 7) is 3.69. The fourth-order valence-electron chi connectivity index (χ4n) is 7.74. The van der Waals surface area contributed by atoms with Crippen molar-refractivity contribution in [3.63, 3.8) is 0 Å². The summed E-state index contributed by atoms with van der Waals surface area (Å²) in [6.07, 6.45) is 9.53. The van der Waals surface area contributed by atoms with Crippen molar-refractivity contribution in [1.82, 2.24) is 0 Å². The molecule has 0 aromatic carbocycles. The summed E-state index contributed by atoms with van der Waals surface area (Å²) in [7, 11) is 8.60. The molecule has 2 aromatic rings. The Kier molecular flexibility index (Phi) is 13.1. The summed E-state index contributed by atoms with van der Waals surface area (Å²) in [4.78, 5) is 27.2. The maximum Gasteiger partial charge on any atom is 0.344 e. The van der Waals surface area contributed by atoms with Crippen molar-refractivity contribution in [2.45, 2.75) is 102 Å². The molecule has 0 radical (unpaired) electrons. The van der Waals surface area contributed by atoms with Crippen molar-refractivity contribution in [2.75, 3.05) is 54.4 Å². The molecule has 4 heterocycles. The topological polar surface area (TPSA) is 93.1 Å². The number of thiophene rings is 2. The number of hydrogen-bond acceptors (Lipinski definition) is 8. The quantitative estimate of drug-likeness (QED) is 0.251. The van der Waals surface area contributed by atoms with E-state index in [1.54, 1.807) is 0 Å². The molecule has 2 aliphatic carbocycles. The molecule has 2 N–H and O–H groups in total. The maximum atomic E-state index is 12.8. The van der Waals surface area contributed by atoms with E-state index in [0.29, 0.717) is 0 Å². The van der Waals surface area contributed by atoms with E-state index >= 15 is 0 Å². The van der Waals surface area contributed by atoms with Crippen LogP contribution in [-0.4, -0.2) is 97.7 Å². The average molecular weight is 681 g/mol. The first-order valence-electron chi connectivity index (χ1n) is 16.4. The van der Waals surface area contributed by atoms with Gasteiger partial charge in [0.05, 0.1) is 41.3 Å². The number of carbonyl (C=O) groups excluding carboxylic acids is 2. The predicted molar refractivity (Wildman–Crippen MR) is 186 cm³/mol. The third-order valence-corrected chi connectivity index (χ3v) is 12.4. The van der Waals surface area contributed by atoms with E-state index in [9.17, 15) is 19.8 Å². The summed E-state index contributed by atoms with van der Waals surface area (Å²) < 4.78 is 13.2. The Bertz CT molecular complexity index is 1140. The van der Waals surface area contributed by atoms with Gasteiger partial charge >= 0.3 is 11.9 Å². The Labute approximate surface area is 285 Å². The molecule has 2 aromatic heterocycles. The van der Waals surface area contributed by atoms with Crippen LogP contribution in [0.2, 0.25) is 0 Å². The highest BCUT2D eigenvalue weighted by atomic mass is 32.1. The molecule has 0 bridgehead atoms. The molecule has 4 aliphatic rings. The smallest absolute Gasteiger partial charge is 0.344 e. The van der Waals surface area contributed by atoms with Gasteiger partial charge in [0.2, 0.25) is 0 Å². The Balaban J connectivity index is 0.000000240. The molecule has 2 aliphatic heterocycles. The lowest BCUT2D eigenvalue weighted by atomic mass is 9.84. The van der Waals surface area contributed by atoms with Crippen LogP contribution in [0.3, 0.4) is 0 Å². The first-order valence-corrected chi connectivity index (χ1v) is 18.2. The van der Waals surface area contributed by atoms with Crippen molar-refractivity contribution < 1.29 is 38.2 Å². The minimum absolute atomic E-state index is 0. The summed E-state index contributed by atoms with van der Waals surface area (Å²) in [5, 5.41) is 26.4. The normalized spacial score (nSPS) is 26.5. The van der Waals surface area contributed by atoms with E-state index < -0.39 is 23.1 Å². The lowest BCUT2D eigenvalue weighted by Gasteiger charge is -2.32. The molecule has 2 saturated carbocycles. The fraction of sp³-hybridized carbons (Fsp3) is 0.722. The zero-order valence-corrected chi connectivity index (χ0v) is 28.5. The first-order chi connectivity index (χ1) is 20.8. The molecule has 4 fully saturated rings. The Hall–Kier alpha value is -1.82. The highest BCUT2D eigenvalue weighted by Gasteiger charge is 2.51. The monoisotopic (exact) mass is 680 g/mol. The number of carbonyl (C=O) groups is 2. The van der Waals surface area contributed by atoms with Crippen LogP contribution in [-0.2, 0) is 30.3 Å². The Morgan fingerprint density at radius 2 is 1.02 bits per heavy atom. The molecule has 2 saturated heterocycles. The number of quaternary nitrogens is 2. The van der Waals surface area contributed by atoms with Gasteiger partial charge in [0.1, 0.15) is 13.1 Å². The van der Waals surface area contributed by atoms with E-state index in [-0.39, 0.29) is 38.9 Å². The molecule has 0 amide bonds. The van der Waals surface area contributed by atoms with Crippen LogP contribution in [0.1, 0.15) is 88.8 Å². The number of nitrogens with zero attached hydrogens (tertiary/aromatic N) is 2. The van der Waals surface area contributed by atoms with Crippen molar-refractivity contribution in [3.05, 3.63) is 44.8 Å². The van der Waals surface area contributed by atoms with Crippen LogP contribution in [0, 0.1) is 11.8 Å². The molecule has 46 heavy (non-hydrogen) atoms. The molecule has 6 rings (SSSR count). The second-order valence-corrected chi connectivity index (χ2v) is 16.7. The number of esters is 2. The van der Waals surface area contributed by atoms with Crippen LogP contribution in [0.5, 0.6) is 0 Å². The summed E-state index contributed by atoms with van der Waals surface area (Å²) in [5.74, 6) is -0.896. The van der Waals surface area contributed by atoms with E-state index in [1.165, 1.54) is 22.7 Å². The Morgan fingerprint density at radius 3 is 1.28 bits per heavy atom. The van der Waals surface area contributed by atoms with Gasteiger partial charge < -0.3 is 28.7 Å². The molecule has 260 valence electrons. The third kappa shape index (κ3) is 8.42. The van der Waals surface area contributed by atoms with Gasteiger partial charge in [-0.1, -0.05) is 52.7 Å². The minimum atomic E-state index is -1.45. The van der Waals surface area contributed by atoms with E-state index in [1.807, 2.05) is 35.0 Å². The molecular formula is C36H60N2O6S2+2. The summed E-state index contributed by atoms with van der Waals surface area (Å²) in [5.41, 5.74) is -2.91. The minimum Gasteiger partial charge on any atom is -0.454 e. The van der Waals surface area contributed by atoms with Crippen LogP contribution in [0.25, 0.3) is 0 Å². The van der Waals surface area contributed by atoms with Gasteiger partial charge in [0, 0.05) is 34.4 Å². The van der Waals surface area contributed by atoms with Gasteiger partial charge in [0.15, 0.2) is 23.4 Å². The molecular weight excluding hydrogens is 621 g/mol. The fourth-order valence-corrected chi connectivity index (χ4v) is 9.53. The van der Waals surface area contributed by atoms with Gasteiger partial charge in [-0.25, -0.2) is 9.59 Å². The van der Waals surface area contributed by atoms with Crippen molar-refractivity contribution in [2.24, 2.45) is 11.8 Å². The second kappa shape index (κ2) is 15.6. The molecule has 10 heteroatoms. The largest absolute Gasteiger partial charge is 0.454 e. The SMILES string of the molecule is C.C.C[N+]1(C)CC[C@@H](OC(=O)[C@](O)(c2cccs2)C2CCCC2)C1.C[N+]1(C)CC[C@H](OC(=O)[C@](O)(c2cccs2)C2CCCC2)C1. The van der Waals surface area contributed by atoms with Gasteiger partial charge in [-0.05, 0) is 48.6 Å². The van der Waals surface area contributed by atoms with Crippen LogP contribution < -0.4 is 0 Å². The number of ether oxygens (including phenoxy) is 2. The number of likely N-dealkylation sites (tertiary alicyclic amines) is 2. The van der Waals surface area contributed by atoms with Crippen molar-refractivity contribution >= 4 is 34.6 Å². The molecule has 4 atom stereocenters. The third-order valence-electron chi connectivity index (χ3n) is 10.4. The lowest BCUT2D eigenvalue weighted by Crippen LogP contribution is -2.45. The molecule has 8 nitrogen and oxygen atoms in total. The highest BCUT2D eigenvalue weighted by Crippen LogP contribution is 2.45. The lowest BCUT2D eigenvalue weighted by molar-refractivity contribution is -0.879. The number of likely N-dealkylation sites (N-methyl/N-ethyl adjacent to an activating group) is 2. The van der Waals surface area contributed by atoms with Gasteiger partial charge in [-0.15, -0.1) is 22.7 Å². The number of aliphatic hydroxyl groups is 2. The van der Waals surface area contributed by atoms with Crippen molar-refractivity contribution in [3.8, 4) is 0 Å². The number of hydrogen-bond donors (Lipinski definition) is 2. The van der Waals surface area contributed by atoms with Crippen molar-refractivity contribution in [1.29, 1.82) is 0 Å². The standard InChI is InChI=1S/2C17H26NO3S.2CH4/c2*1-18(2)10-9-14(12-18)21-16(19)17(20,13-6-3-4-7-13)15-8-5-11-22-15;;/h2*5,8,11,13-14,20H,3-4,6-7,9-10,12H2,1-2H3;2*1H4/q2*+1;;/t14-,17+;14-,17-;;/m01../s1. The highest BCUT2D eigenvalue weighted by molar-refractivity contribution is 7.10. The number of rotatable bonds is 8. The van der Waals surface area contributed by atoms with Crippen LogP contribution in [0.4, 0.5) is 0 Å². The zero-order chi connectivity index (χ0) is 31.6. The average Bonchev–Trinajstić information content (AvgIpc) is 3.82. The van der Waals surface area contributed by atoms with Gasteiger partial charge in [0.25, 0.3) is 0 Å². The van der Waals surface area contributed by atoms with E-state index in [0.717, 1.165) is 109 Å². The first kappa shape index (κ1) is 38.6. The summed E-state index contributed by atoms with van der Waals surface area (Å²) in [6, 6.07) is 7.50. The molecule has 0 spiro atoms. The zero-order valence-electron chi connectivity index (χ0n) is 26.9. The Morgan fingerprint density at radius 1 is 0.674 bits per heavy atom. The molecule has 0 unspecified atom stereocenters. The maximum absolute atomic E-state index is 12.8. The van der Waals surface area contributed by atoms with Crippen LogP contribution >= 0.6 is 22.7 Å². The summed E-state index contributed by atoms with van der Waals surface area (Å²) >= 11 is 2.90. The van der Waals surface area contributed by atoms with Crippen LogP contribution in [0.15, 0.2) is 35.0 Å². The predicted octanol–water partition coefficient (Wildman–Crippen LogP) is 6.31. The van der Waals surface area contributed by atoms with E-state index in [2.05, 4.69) is 28.2 Å². The van der Waals surface area contributed by atoms with E-state index in [4.69, 9.17) is 9.47 Å².